The highest BCUT2D eigenvalue weighted by Crippen LogP contribution is 2.09. The van der Waals surface area contributed by atoms with E-state index in [1.165, 1.54) is 12.1 Å². The number of nitrogens with two attached hydrogens (primary N) is 1. The number of nitrogens with zero attached hydrogens (tertiary/aromatic N) is 1. The molecule has 0 atom stereocenters. The number of carbonyl (C=O) groups is 1. The number of nitrogens with one attached hydrogen (secondary N) is 1. The molecule has 0 saturated heterocycles. The number of benzene rings is 1. The lowest BCUT2D eigenvalue weighted by molar-refractivity contribution is 0.1000. The molecule has 1 amide bonds. The molecule has 3 N–H and O–H groups in total. The second-order valence-corrected chi connectivity index (χ2v) is 4.15. The summed E-state index contributed by atoms with van der Waals surface area (Å²) in [5.74, 6) is -1.02. The summed E-state index contributed by atoms with van der Waals surface area (Å²) in [6.45, 7) is 2.11. The summed E-state index contributed by atoms with van der Waals surface area (Å²) in [5.41, 5.74) is 5.79. The Bertz CT molecular complexity index is 393. The summed E-state index contributed by atoms with van der Waals surface area (Å²) < 4.78 is 13.5. The van der Waals surface area contributed by atoms with Crippen molar-refractivity contribution in [2.24, 2.45) is 5.73 Å². The Hall–Kier alpha value is -1.46. The Morgan fingerprint density at radius 1 is 1.47 bits per heavy atom. The lowest BCUT2D eigenvalue weighted by atomic mass is 10.1. The third-order valence-corrected chi connectivity index (χ3v) is 2.39. The molecular formula is C12H18FN3O. The predicted molar refractivity (Wildman–Crippen MR) is 65.2 cm³/mol. The zero-order valence-corrected chi connectivity index (χ0v) is 10.2. The predicted octanol–water partition coefficient (Wildman–Crippen LogP) is 0.576. The summed E-state index contributed by atoms with van der Waals surface area (Å²) in [6, 6.07) is 4.29. The van der Waals surface area contributed by atoms with Gasteiger partial charge in [0.1, 0.15) is 5.82 Å². The summed E-state index contributed by atoms with van der Waals surface area (Å²) in [5, 5.41) is 3.12. The van der Waals surface area contributed by atoms with Crippen LogP contribution in [0.15, 0.2) is 18.2 Å². The van der Waals surface area contributed by atoms with Crippen molar-refractivity contribution in [2.45, 2.75) is 6.54 Å². The summed E-state index contributed by atoms with van der Waals surface area (Å²) in [7, 11) is 3.95. The van der Waals surface area contributed by atoms with Gasteiger partial charge in [0.25, 0.3) is 0 Å². The van der Waals surface area contributed by atoms with Crippen molar-refractivity contribution in [1.82, 2.24) is 10.2 Å². The Kier molecular flexibility index (Phi) is 5.06. The minimum absolute atomic E-state index is 0.194. The highest BCUT2D eigenvalue weighted by molar-refractivity contribution is 5.92. The maximum atomic E-state index is 13.5. The Balaban J connectivity index is 2.52. The largest absolute Gasteiger partial charge is 0.366 e. The van der Waals surface area contributed by atoms with E-state index in [2.05, 4.69) is 5.32 Å². The highest BCUT2D eigenvalue weighted by atomic mass is 19.1. The van der Waals surface area contributed by atoms with Gasteiger partial charge in [0.2, 0.25) is 5.91 Å². The Morgan fingerprint density at radius 2 is 2.18 bits per heavy atom. The molecule has 94 valence electrons. The van der Waals surface area contributed by atoms with Crippen molar-refractivity contribution in [1.29, 1.82) is 0 Å². The van der Waals surface area contributed by atoms with Crippen LogP contribution in [0.5, 0.6) is 0 Å². The van der Waals surface area contributed by atoms with Crippen molar-refractivity contribution in [3.63, 3.8) is 0 Å². The SMILES string of the molecule is CN(C)CCNCc1ccc(C(N)=O)cc1F. The maximum Gasteiger partial charge on any atom is 0.248 e. The number of hydrogen-bond donors (Lipinski definition) is 2. The normalized spacial score (nSPS) is 10.8. The van der Waals surface area contributed by atoms with E-state index in [-0.39, 0.29) is 5.56 Å². The van der Waals surface area contributed by atoms with E-state index < -0.39 is 11.7 Å². The molecule has 1 aromatic carbocycles. The number of carbonyl (C=O) groups excluding carboxylic acids is 1. The van der Waals surface area contributed by atoms with E-state index in [0.29, 0.717) is 12.1 Å². The fraction of sp³-hybridized carbons (Fsp3) is 0.417. The van der Waals surface area contributed by atoms with E-state index in [1.807, 2.05) is 19.0 Å². The van der Waals surface area contributed by atoms with Crippen molar-refractivity contribution < 1.29 is 9.18 Å². The maximum absolute atomic E-state index is 13.5. The molecule has 0 spiro atoms. The quantitative estimate of drug-likeness (QED) is 0.714. The number of rotatable bonds is 6. The van der Waals surface area contributed by atoms with Crippen LogP contribution >= 0.6 is 0 Å². The van der Waals surface area contributed by atoms with Gasteiger partial charge in [0.15, 0.2) is 0 Å². The van der Waals surface area contributed by atoms with Gasteiger partial charge < -0.3 is 16.0 Å². The van der Waals surface area contributed by atoms with Crippen LogP contribution in [0.1, 0.15) is 15.9 Å². The standard InChI is InChI=1S/C12H18FN3O/c1-16(2)6-5-15-8-10-4-3-9(12(14)17)7-11(10)13/h3-4,7,15H,5-6,8H2,1-2H3,(H2,14,17). The number of amides is 1. The molecule has 0 radical (unpaired) electrons. The Morgan fingerprint density at radius 3 is 2.71 bits per heavy atom. The smallest absolute Gasteiger partial charge is 0.248 e. The van der Waals surface area contributed by atoms with E-state index in [0.717, 1.165) is 13.1 Å². The molecule has 17 heavy (non-hydrogen) atoms. The van der Waals surface area contributed by atoms with Gasteiger partial charge in [-0.3, -0.25) is 4.79 Å². The topological polar surface area (TPSA) is 58.4 Å². The molecular weight excluding hydrogens is 221 g/mol. The first-order valence-electron chi connectivity index (χ1n) is 5.44. The van der Waals surface area contributed by atoms with Gasteiger partial charge in [-0.15, -0.1) is 0 Å². The van der Waals surface area contributed by atoms with E-state index in [4.69, 9.17) is 5.73 Å². The van der Waals surface area contributed by atoms with Gasteiger partial charge in [-0.1, -0.05) is 6.07 Å². The molecule has 0 aromatic heterocycles. The van der Waals surface area contributed by atoms with Gasteiger partial charge in [0.05, 0.1) is 0 Å². The second-order valence-electron chi connectivity index (χ2n) is 4.15. The fourth-order valence-corrected chi connectivity index (χ4v) is 1.37. The molecule has 5 heteroatoms. The van der Waals surface area contributed by atoms with Crippen molar-refractivity contribution >= 4 is 5.91 Å². The first-order chi connectivity index (χ1) is 8.00. The summed E-state index contributed by atoms with van der Waals surface area (Å²) in [6.07, 6.45) is 0. The van der Waals surface area contributed by atoms with Crippen molar-refractivity contribution in [3.05, 3.63) is 35.1 Å². The van der Waals surface area contributed by atoms with Gasteiger partial charge >= 0.3 is 0 Å². The van der Waals surface area contributed by atoms with E-state index in [9.17, 15) is 9.18 Å². The molecule has 0 saturated carbocycles. The zero-order valence-electron chi connectivity index (χ0n) is 10.2. The first kappa shape index (κ1) is 13.6. The third-order valence-electron chi connectivity index (χ3n) is 2.39. The van der Waals surface area contributed by atoms with E-state index >= 15 is 0 Å². The van der Waals surface area contributed by atoms with Gasteiger partial charge in [0, 0.05) is 30.8 Å². The van der Waals surface area contributed by atoms with Crippen LogP contribution < -0.4 is 11.1 Å². The van der Waals surface area contributed by atoms with Crippen LogP contribution in [-0.2, 0) is 6.54 Å². The minimum atomic E-state index is -0.615. The molecule has 0 aliphatic rings. The average molecular weight is 239 g/mol. The highest BCUT2D eigenvalue weighted by Gasteiger charge is 2.06. The van der Waals surface area contributed by atoms with Gasteiger partial charge in [-0.25, -0.2) is 4.39 Å². The van der Waals surface area contributed by atoms with Crippen LogP contribution in [0.2, 0.25) is 0 Å². The first-order valence-corrected chi connectivity index (χ1v) is 5.44. The molecule has 0 aliphatic heterocycles. The molecule has 0 unspecified atom stereocenters. The monoisotopic (exact) mass is 239 g/mol. The van der Waals surface area contributed by atoms with E-state index in [1.54, 1.807) is 6.07 Å². The van der Waals surface area contributed by atoms with Crippen LogP contribution in [-0.4, -0.2) is 38.0 Å². The van der Waals surface area contributed by atoms with Crippen LogP contribution in [0, 0.1) is 5.82 Å². The molecule has 0 fully saturated rings. The number of likely N-dealkylation sites (N-methyl/N-ethyl adjacent to an activating group) is 1. The zero-order chi connectivity index (χ0) is 12.8. The molecule has 0 heterocycles. The molecule has 0 aliphatic carbocycles. The Labute approximate surface area is 101 Å². The van der Waals surface area contributed by atoms with Gasteiger partial charge in [-0.05, 0) is 26.2 Å². The van der Waals surface area contributed by atoms with Crippen molar-refractivity contribution in [3.8, 4) is 0 Å². The molecule has 1 rings (SSSR count). The van der Waals surface area contributed by atoms with Crippen molar-refractivity contribution in [2.75, 3.05) is 27.2 Å². The van der Waals surface area contributed by atoms with Crippen LogP contribution in [0.3, 0.4) is 0 Å². The number of hydrogen-bond acceptors (Lipinski definition) is 3. The third kappa shape index (κ3) is 4.50. The van der Waals surface area contributed by atoms with Crippen LogP contribution in [0.4, 0.5) is 4.39 Å². The minimum Gasteiger partial charge on any atom is -0.366 e. The average Bonchev–Trinajstić information content (AvgIpc) is 2.25. The number of halogens is 1. The molecule has 0 bridgehead atoms. The lowest BCUT2D eigenvalue weighted by Gasteiger charge is -2.11. The summed E-state index contributed by atoms with van der Waals surface area (Å²) in [4.78, 5) is 12.9. The summed E-state index contributed by atoms with van der Waals surface area (Å²) >= 11 is 0. The number of primary amides is 1. The molecule has 1 aromatic rings. The second kappa shape index (κ2) is 6.32. The van der Waals surface area contributed by atoms with Crippen LogP contribution in [0.25, 0.3) is 0 Å². The molecule has 4 nitrogen and oxygen atoms in total. The fourth-order valence-electron chi connectivity index (χ4n) is 1.37. The van der Waals surface area contributed by atoms with Gasteiger partial charge in [-0.2, -0.15) is 0 Å². The lowest BCUT2D eigenvalue weighted by Crippen LogP contribution is -2.26.